The van der Waals surface area contributed by atoms with Gasteiger partial charge in [-0.2, -0.15) is 9.78 Å². The summed E-state index contributed by atoms with van der Waals surface area (Å²) in [7, 11) is 0. The topological polar surface area (TPSA) is 69.9 Å². The average molecular weight is 419 g/mol. The molecule has 1 saturated heterocycles. The number of hydrogen-bond donors (Lipinski definition) is 0. The quantitative estimate of drug-likeness (QED) is 0.498. The van der Waals surface area contributed by atoms with E-state index >= 15 is 0 Å². The molecule has 4 heterocycles. The SMILES string of the molecule is Cc1cc2c(-c3ccc(Cl)cc3)nn(-c3ccnc(C4COC4)c3)c(=O)c2nc1C. The molecule has 0 unspecified atom stereocenters. The standard InChI is InChI=1S/C23H19ClN4O2/c1-13-9-19-21(15-3-5-17(24)6-4-15)27-28(23(29)22(19)26-14(13)2)18-7-8-25-20(10-18)16-11-30-12-16/h3-10,16H,11-12H2,1-2H3. The van der Waals surface area contributed by atoms with Gasteiger partial charge >= 0.3 is 0 Å². The first-order chi connectivity index (χ1) is 14.5. The first kappa shape index (κ1) is 18.9. The largest absolute Gasteiger partial charge is 0.380 e. The fraction of sp³-hybridized carbons (Fsp3) is 0.217. The molecule has 0 spiro atoms. The van der Waals surface area contributed by atoms with Crippen LogP contribution in [-0.2, 0) is 4.74 Å². The Morgan fingerprint density at radius 3 is 2.57 bits per heavy atom. The summed E-state index contributed by atoms with van der Waals surface area (Å²) in [6.07, 6.45) is 1.71. The molecule has 6 nitrogen and oxygen atoms in total. The zero-order chi connectivity index (χ0) is 20.8. The number of halogens is 1. The molecule has 0 aliphatic carbocycles. The molecule has 0 saturated carbocycles. The van der Waals surface area contributed by atoms with Crippen molar-refractivity contribution in [3.63, 3.8) is 0 Å². The highest BCUT2D eigenvalue weighted by atomic mass is 35.5. The second-order valence-corrected chi connectivity index (χ2v) is 7.97. The number of aryl methyl sites for hydroxylation is 2. The van der Waals surface area contributed by atoms with Crippen LogP contribution in [0.25, 0.3) is 27.8 Å². The Hall–Kier alpha value is -3.09. The van der Waals surface area contributed by atoms with Crippen LogP contribution in [0.15, 0.2) is 53.5 Å². The molecule has 0 radical (unpaired) electrons. The van der Waals surface area contributed by atoms with Gasteiger partial charge in [0.05, 0.1) is 24.6 Å². The van der Waals surface area contributed by atoms with Gasteiger partial charge in [-0.05, 0) is 49.7 Å². The maximum Gasteiger partial charge on any atom is 0.298 e. The number of rotatable bonds is 3. The summed E-state index contributed by atoms with van der Waals surface area (Å²) in [5, 5.41) is 6.11. The zero-order valence-corrected chi connectivity index (χ0v) is 17.3. The Labute approximate surface area is 178 Å². The molecule has 30 heavy (non-hydrogen) atoms. The van der Waals surface area contributed by atoms with E-state index in [1.165, 1.54) is 4.68 Å². The van der Waals surface area contributed by atoms with Gasteiger partial charge in [0.25, 0.3) is 5.56 Å². The molecule has 0 bridgehead atoms. The van der Waals surface area contributed by atoms with Gasteiger partial charge in [0, 0.05) is 33.8 Å². The number of hydrogen-bond acceptors (Lipinski definition) is 5. The van der Waals surface area contributed by atoms with Gasteiger partial charge in [0.1, 0.15) is 11.2 Å². The Morgan fingerprint density at radius 2 is 1.87 bits per heavy atom. The van der Waals surface area contributed by atoms with Crippen molar-refractivity contribution >= 4 is 22.5 Å². The molecule has 0 N–H and O–H groups in total. The zero-order valence-electron chi connectivity index (χ0n) is 16.6. The van der Waals surface area contributed by atoms with Gasteiger partial charge in [0.2, 0.25) is 0 Å². The highest BCUT2D eigenvalue weighted by molar-refractivity contribution is 6.30. The van der Waals surface area contributed by atoms with Gasteiger partial charge < -0.3 is 4.74 Å². The van der Waals surface area contributed by atoms with Crippen molar-refractivity contribution in [2.75, 3.05) is 13.2 Å². The Kier molecular flexibility index (Phi) is 4.60. The number of benzene rings is 1. The molecule has 7 heteroatoms. The minimum atomic E-state index is -0.257. The van der Waals surface area contributed by atoms with Crippen LogP contribution in [0, 0.1) is 13.8 Å². The third-order valence-corrected chi connectivity index (χ3v) is 5.75. The molecule has 150 valence electrons. The lowest BCUT2D eigenvalue weighted by molar-refractivity contribution is 0.00671. The first-order valence-electron chi connectivity index (χ1n) is 9.72. The van der Waals surface area contributed by atoms with E-state index in [0.29, 0.717) is 35.1 Å². The van der Waals surface area contributed by atoms with Crippen molar-refractivity contribution in [1.29, 1.82) is 0 Å². The van der Waals surface area contributed by atoms with Crippen LogP contribution < -0.4 is 5.56 Å². The minimum absolute atomic E-state index is 0.250. The van der Waals surface area contributed by atoms with Crippen LogP contribution in [0.2, 0.25) is 5.02 Å². The van der Waals surface area contributed by atoms with Gasteiger partial charge in [-0.25, -0.2) is 4.98 Å². The third-order valence-electron chi connectivity index (χ3n) is 5.50. The van der Waals surface area contributed by atoms with E-state index in [1.54, 1.807) is 12.3 Å². The van der Waals surface area contributed by atoms with Gasteiger partial charge in [-0.1, -0.05) is 23.7 Å². The first-order valence-corrected chi connectivity index (χ1v) is 10.1. The van der Waals surface area contributed by atoms with Crippen LogP contribution in [0.4, 0.5) is 0 Å². The predicted molar refractivity (Wildman–Crippen MR) is 116 cm³/mol. The van der Waals surface area contributed by atoms with Gasteiger partial charge in [-0.3, -0.25) is 9.78 Å². The van der Waals surface area contributed by atoms with Crippen molar-refractivity contribution in [3.05, 3.63) is 81.0 Å². The van der Waals surface area contributed by atoms with E-state index in [2.05, 4.69) is 9.97 Å². The van der Waals surface area contributed by atoms with E-state index in [9.17, 15) is 4.79 Å². The summed E-state index contributed by atoms with van der Waals surface area (Å²) in [6, 6.07) is 13.1. The third kappa shape index (κ3) is 3.18. The van der Waals surface area contributed by atoms with E-state index in [0.717, 1.165) is 27.9 Å². The number of aromatic nitrogens is 4. The summed E-state index contributed by atoms with van der Waals surface area (Å²) in [4.78, 5) is 22.4. The molecule has 5 rings (SSSR count). The van der Waals surface area contributed by atoms with E-state index in [1.807, 2.05) is 50.2 Å². The van der Waals surface area contributed by atoms with Crippen molar-refractivity contribution in [2.45, 2.75) is 19.8 Å². The fourth-order valence-electron chi connectivity index (χ4n) is 3.54. The monoisotopic (exact) mass is 418 g/mol. The lowest BCUT2D eigenvalue weighted by Gasteiger charge is -2.25. The second kappa shape index (κ2) is 7.31. The molecule has 0 atom stereocenters. The van der Waals surface area contributed by atoms with E-state index < -0.39 is 0 Å². The number of fused-ring (bicyclic) bond motifs is 1. The molecule has 1 aliphatic heterocycles. The maximum atomic E-state index is 13.4. The molecular formula is C23H19ClN4O2. The van der Waals surface area contributed by atoms with Gasteiger partial charge in [0.15, 0.2) is 0 Å². The van der Waals surface area contributed by atoms with Crippen LogP contribution in [0.1, 0.15) is 22.9 Å². The predicted octanol–water partition coefficient (Wildman–Crippen LogP) is 4.23. The number of nitrogens with zero attached hydrogens (tertiary/aromatic N) is 4. The molecule has 1 aromatic carbocycles. The minimum Gasteiger partial charge on any atom is -0.380 e. The van der Waals surface area contributed by atoms with Crippen LogP contribution in [0.5, 0.6) is 0 Å². The molecule has 4 aromatic rings. The van der Waals surface area contributed by atoms with Crippen molar-refractivity contribution < 1.29 is 4.74 Å². The summed E-state index contributed by atoms with van der Waals surface area (Å²) >= 11 is 6.08. The van der Waals surface area contributed by atoms with Crippen LogP contribution >= 0.6 is 11.6 Å². The number of pyridine rings is 2. The lowest BCUT2D eigenvalue weighted by atomic mass is 10.0. The lowest BCUT2D eigenvalue weighted by Crippen LogP contribution is -2.27. The van der Waals surface area contributed by atoms with Crippen LogP contribution in [0.3, 0.4) is 0 Å². The molecule has 0 amide bonds. The molecule has 3 aromatic heterocycles. The van der Waals surface area contributed by atoms with Crippen LogP contribution in [-0.4, -0.2) is 33.0 Å². The summed E-state index contributed by atoms with van der Waals surface area (Å²) in [5.74, 6) is 0.250. The highest BCUT2D eigenvalue weighted by Gasteiger charge is 2.23. The van der Waals surface area contributed by atoms with Crippen molar-refractivity contribution in [2.24, 2.45) is 0 Å². The van der Waals surface area contributed by atoms with Crippen molar-refractivity contribution in [3.8, 4) is 16.9 Å². The number of ether oxygens (including phenoxy) is 1. The van der Waals surface area contributed by atoms with E-state index in [-0.39, 0.29) is 11.5 Å². The highest BCUT2D eigenvalue weighted by Crippen LogP contribution is 2.28. The fourth-order valence-corrected chi connectivity index (χ4v) is 3.67. The Bertz CT molecular complexity index is 1330. The van der Waals surface area contributed by atoms with Crippen molar-refractivity contribution in [1.82, 2.24) is 19.7 Å². The summed E-state index contributed by atoms with van der Waals surface area (Å²) in [6.45, 7) is 5.18. The molecular weight excluding hydrogens is 400 g/mol. The molecule has 1 aliphatic rings. The second-order valence-electron chi connectivity index (χ2n) is 7.53. The molecule has 1 fully saturated rings. The smallest absolute Gasteiger partial charge is 0.298 e. The maximum absolute atomic E-state index is 13.4. The summed E-state index contributed by atoms with van der Waals surface area (Å²) in [5.41, 5.74) is 5.07. The normalized spacial score (nSPS) is 14.1. The average Bonchev–Trinajstić information content (AvgIpc) is 2.70. The van der Waals surface area contributed by atoms with Gasteiger partial charge in [-0.15, -0.1) is 0 Å². The van der Waals surface area contributed by atoms with E-state index in [4.69, 9.17) is 21.4 Å². The Balaban J connectivity index is 1.79. The Morgan fingerprint density at radius 1 is 1.10 bits per heavy atom. The summed E-state index contributed by atoms with van der Waals surface area (Å²) < 4.78 is 6.70.